The van der Waals surface area contributed by atoms with Crippen molar-refractivity contribution in [3.8, 4) is 11.5 Å². The number of hydrogen-bond donors (Lipinski definition) is 0. The molecule has 0 aliphatic heterocycles. The van der Waals surface area contributed by atoms with Crippen LogP contribution in [0.3, 0.4) is 0 Å². The van der Waals surface area contributed by atoms with E-state index in [1.54, 1.807) is 14.2 Å². The fourth-order valence-corrected chi connectivity index (χ4v) is 3.75. The van der Waals surface area contributed by atoms with E-state index in [-0.39, 0.29) is 5.41 Å². The van der Waals surface area contributed by atoms with Gasteiger partial charge in [0.25, 0.3) is 0 Å². The second-order valence-electron chi connectivity index (χ2n) is 5.74. The fraction of sp³-hybridized carbons (Fsp3) is 0.143. The van der Waals surface area contributed by atoms with Crippen LogP contribution in [0, 0.1) is 0 Å². The van der Waals surface area contributed by atoms with Gasteiger partial charge in [-0.15, -0.1) is 0 Å². The average Bonchev–Trinajstić information content (AvgIpc) is 2.63. The molecule has 2 aliphatic carbocycles. The lowest BCUT2D eigenvalue weighted by Crippen LogP contribution is -2.39. The van der Waals surface area contributed by atoms with E-state index >= 15 is 0 Å². The molecule has 0 fully saturated rings. The fourth-order valence-electron chi connectivity index (χ4n) is 3.75. The first kappa shape index (κ1) is 13.9. The van der Waals surface area contributed by atoms with Crippen LogP contribution in [0.2, 0.25) is 0 Å². The van der Waals surface area contributed by atoms with E-state index in [1.165, 1.54) is 16.7 Å². The maximum Gasteiger partial charge on any atom is 0.165 e. The summed E-state index contributed by atoms with van der Waals surface area (Å²) in [4.78, 5) is 0. The molecule has 2 aromatic carbocycles. The molecule has 23 heavy (non-hydrogen) atoms. The Bertz CT molecular complexity index is 830. The van der Waals surface area contributed by atoms with Gasteiger partial charge in [-0.05, 0) is 22.8 Å². The van der Waals surface area contributed by atoms with Crippen LogP contribution < -0.4 is 9.47 Å². The summed E-state index contributed by atoms with van der Waals surface area (Å²) in [5.74, 6) is 1.56. The van der Waals surface area contributed by atoms with Crippen molar-refractivity contribution in [1.82, 2.24) is 0 Å². The molecule has 1 unspecified atom stereocenters. The predicted octanol–water partition coefficient (Wildman–Crippen LogP) is 4.43. The van der Waals surface area contributed by atoms with Crippen molar-refractivity contribution in [2.75, 3.05) is 14.2 Å². The van der Waals surface area contributed by atoms with Crippen molar-refractivity contribution >= 4 is 0 Å². The van der Waals surface area contributed by atoms with Crippen LogP contribution >= 0.6 is 0 Å². The van der Waals surface area contributed by atoms with Crippen LogP contribution in [-0.2, 0) is 5.41 Å². The van der Waals surface area contributed by atoms with E-state index in [0.717, 1.165) is 17.1 Å². The van der Waals surface area contributed by atoms with Crippen molar-refractivity contribution < 1.29 is 9.47 Å². The van der Waals surface area contributed by atoms with Crippen LogP contribution in [0.4, 0.5) is 0 Å². The van der Waals surface area contributed by atoms with E-state index in [4.69, 9.17) is 9.47 Å². The third-order valence-electron chi connectivity index (χ3n) is 4.74. The summed E-state index contributed by atoms with van der Waals surface area (Å²) in [6.07, 6.45) is 8.71. The second kappa shape index (κ2) is 5.17. The summed E-state index contributed by atoms with van der Waals surface area (Å²) in [5, 5.41) is 0. The SMILES string of the molecule is COc1cccc(C2(c3ccccc3)c3cccc2c3)c1OC. The van der Waals surface area contributed by atoms with Gasteiger partial charge < -0.3 is 9.47 Å². The average molecular weight is 302 g/mol. The minimum atomic E-state index is -0.268. The van der Waals surface area contributed by atoms with Gasteiger partial charge in [0.1, 0.15) is 0 Å². The third kappa shape index (κ3) is 1.75. The van der Waals surface area contributed by atoms with Crippen LogP contribution in [0.5, 0.6) is 11.5 Å². The zero-order chi connectivity index (χ0) is 15.9. The summed E-state index contributed by atoms with van der Waals surface area (Å²) in [6, 6.07) is 16.7. The predicted molar refractivity (Wildman–Crippen MR) is 92.1 cm³/mol. The first-order valence-corrected chi connectivity index (χ1v) is 7.70. The normalized spacial score (nSPS) is 21.1. The zero-order valence-electron chi connectivity index (χ0n) is 13.2. The maximum atomic E-state index is 5.73. The van der Waals surface area contributed by atoms with Gasteiger partial charge in [-0.3, -0.25) is 0 Å². The van der Waals surface area contributed by atoms with E-state index < -0.39 is 0 Å². The first-order valence-electron chi connectivity index (χ1n) is 7.70. The molecule has 0 amide bonds. The van der Waals surface area contributed by atoms with Crippen LogP contribution in [0.25, 0.3) is 0 Å². The molecule has 114 valence electrons. The molecule has 1 atom stereocenters. The summed E-state index contributed by atoms with van der Waals surface area (Å²) in [6.45, 7) is 0. The summed E-state index contributed by atoms with van der Waals surface area (Å²) < 4.78 is 11.2. The van der Waals surface area contributed by atoms with Crippen molar-refractivity contribution in [3.63, 3.8) is 0 Å². The molecule has 2 heteroatoms. The van der Waals surface area contributed by atoms with Crippen LogP contribution in [0.15, 0.2) is 84.0 Å². The standard InChI is InChI=1S/C21H18O2/c1-22-19-13-7-12-18(20(19)23-2)21(15-8-4-3-5-9-15)16-10-6-11-17(21)14-16/h3-14H,1-2H3. The van der Waals surface area contributed by atoms with Gasteiger partial charge in [0.15, 0.2) is 11.5 Å². The minimum absolute atomic E-state index is 0.268. The molecule has 0 heterocycles. The second-order valence-corrected chi connectivity index (χ2v) is 5.74. The highest BCUT2D eigenvalue weighted by Gasteiger charge is 2.49. The molecule has 2 aliphatic rings. The van der Waals surface area contributed by atoms with E-state index in [2.05, 4.69) is 54.6 Å². The Balaban J connectivity index is 2.03. The van der Waals surface area contributed by atoms with Crippen molar-refractivity contribution in [3.05, 3.63) is 95.1 Å². The highest BCUT2D eigenvalue weighted by atomic mass is 16.5. The number of fused-ring (bicyclic) bond motifs is 2. The Hall–Kier alpha value is -2.74. The zero-order valence-corrected chi connectivity index (χ0v) is 13.2. The van der Waals surface area contributed by atoms with Crippen molar-refractivity contribution in [2.24, 2.45) is 0 Å². The molecule has 0 spiro atoms. The molecular formula is C21H18O2. The molecule has 2 aromatic rings. The van der Waals surface area contributed by atoms with Gasteiger partial charge in [-0.2, -0.15) is 0 Å². The molecule has 0 saturated heterocycles. The van der Waals surface area contributed by atoms with E-state index in [1.807, 2.05) is 18.2 Å². The molecule has 4 rings (SSSR count). The number of allylic oxidation sites excluding steroid dienone is 6. The maximum absolute atomic E-state index is 5.73. The topological polar surface area (TPSA) is 18.5 Å². The lowest BCUT2D eigenvalue weighted by Gasteiger charge is -2.46. The number of para-hydroxylation sites is 1. The highest BCUT2D eigenvalue weighted by molar-refractivity contribution is 5.76. The quantitative estimate of drug-likeness (QED) is 0.832. The van der Waals surface area contributed by atoms with Crippen LogP contribution in [-0.4, -0.2) is 14.2 Å². The molecule has 0 radical (unpaired) electrons. The molecule has 2 nitrogen and oxygen atoms in total. The Kier molecular flexibility index (Phi) is 3.12. The van der Waals surface area contributed by atoms with Gasteiger partial charge >= 0.3 is 0 Å². The number of hydrogen-bond acceptors (Lipinski definition) is 2. The molecule has 0 saturated carbocycles. The van der Waals surface area contributed by atoms with E-state index in [0.29, 0.717) is 0 Å². The molecule has 0 N–H and O–H groups in total. The highest BCUT2D eigenvalue weighted by Crippen LogP contribution is 2.58. The van der Waals surface area contributed by atoms with Gasteiger partial charge in [-0.25, -0.2) is 0 Å². The third-order valence-corrected chi connectivity index (χ3v) is 4.74. The van der Waals surface area contributed by atoms with Gasteiger partial charge in [0.2, 0.25) is 0 Å². The largest absolute Gasteiger partial charge is 0.493 e. The molecule has 2 bridgehead atoms. The lowest BCUT2D eigenvalue weighted by molar-refractivity contribution is 0.348. The molecule has 0 aromatic heterocycles. The lowest BCUT2D eigenvalue weighted by atomic mass is 9.55. The van der Waals surface area contributed by atoms with Crippen molar-refractivity contribution in [2.45, 2.75) is 5.41 Å². The smallest absolute Gasteiger partial charge is 0.165 e. The minimum Gasteiger partial charge on any atom is -0.493 e. The monoisotopic (exact) mass is 302 g/mol. The number of ether oxygens (including phenoxy) is 2. The van der Waals surface area contributed by atoms with Gasteiger partial charge in [0.05, 0.1) is 19.6 Å². The summed E-state index contributed by atoms with van der Waals surface area (Å²) in [7, 11) is 3.38. The van der Waals surface area contributed by atoms with Gasteiger partial charge in [-0.1, -0.05) is 66.8 Å². The van der Waals surface area contributed by atoms with Crippen molar-refractivity contribution in [1.29, 1.82) is 0 Å². The number of methoxy groups -OCH3 is 2. The summed E-state index contributed by atoms with van der Waals surface area (Å²) in [5.41, 5.74) is 4.68. The van der Waals surface area contributed by atoms with E-state index in [9.17, 15) is 0 Å². The Labute approximate surface area is 136 Å². The van der Waals surface area contributed by atoms with Gasteiger partial charge in [0, 0.05) is 5.56 Å². The Morgan fingerprint density at radius 1 is 0.826 bits per heavy atom. The molecular weight excluding hydrogens is 284 g/mol. The number of benzene rings is 2. The summed E-state index contributed by atoms with van der Waals surface area (Å²) >= 11 is 0. The van der Waals surface area contributed by atoms with Crippen LogP contribution in [0.1, 0.15) is 11.1 Å². The Morgan fingerprint density at radius 2 is 1.65 bits per heavy atom. The Morgan fingerprint density at radius 3 is 2.26 bits per heavy atom. The first-order chi connectivity index (χ1) is 11.3. The number of rotatable bonds is 4.